The normalized spacial score (nSPS) is 14.7. The molecule has 1 saturated heterocycles. The highest BCUT2D eigenvalue weighted by Gasteiger charge is 2.18. The molecule has 1 aliphatic heterocycles. The van der Waals surface area contributed by atoms with Gasteiger partial charge in [0.15, 0.2) is 5.65 Å². The first kappa shape index (κ1) is 21.2. The van der Waals surface area contributed by atoms with E-state index >= 15 is 0 Å². The van der Waals surface area contributed by atoms with Gasteiger partial charge >= 0.3 is 0 Å². The molecule has 2 N–H and O–H groups in total. The minimum absolute atomic E-state index is 0.127. The number of anilines is 2. The van der Waals surface area contributed by atoms with Gasteiger partial charge in [0.05, 0.1) is 23.0 Å². The highest BCUT2D eigenvalue weighted by Crippen LogP contribution is 2.25. The third-order valence-corrected chi connectivity index (χ3v) is 6.65. The van der Waals surface area contributed by atoms with Gasteiger partial charge in [0.2, 0.25) is 15.9 Å². The molecule has 164 valence electrons. The summed E-state index contributed by atoms with van der Waals surface area (Å²) >= 11 is 0. The molecule has 1 fully saturated rings. The lowest BCUT2D eigenvalue weighted by Crippen LogP contribution is -2.30. The number of nitrogens with zero attached hydrogens (tertiary/aromatic N) is 5. The number of hydrogen-bond acceptors (Lipinski definition) is 7. The maximum absolute atomic E-state index is 12.6. The summed E-state index contributed by atoms with van der Waals surface area (Å²) in [6.45, 7) is 3.83. The molecule has 2 aromatic heterocycles. The van der Waals surface area contributed by atoms with Gasteiger partial charge in [-0.15, -0.1) is 0 Å². The molecule has 1 amide bonds. The standard InChI is InChI=1S/C20H25N7O3S/c1-15(28)25-16-5-7-17(8-6-16)31(29,30)24-9-12-27-20-18(13-23-27)19(21-14-22-20)26-10-3-2-4-11-26/h5-8,13-14,24H,2-4,9-12H2,1H3,(H,25,28). The van der Waals surface area contributed by atoms with E-state index in [1.807, 2.05) is 0 Å². The van der Waals surface area contributed by atoms with E-state index in [0.717, 1.165) is 37.1 Å². The van der Waals surface area contributed by atoms with Crippen molar-refractivity contribution >= 4 is 38.5 Å². The molecular weight excluding hydrogens is 418 g/mol. The number of fused-ring (bicyclic) bond motifs is 1. The first-order valence-corrected chi connectivity index (χ1v) is 11.7. The second-order valence-corrected chi connectivity index (χ2v) is 9.22. The molecule has 1 aliphatic rings. The van der Waals surface area contributed by atoms with Crippen LogP contribution in [0.2, 0.25) is 0 Å². The summed E-state index contributed by atoms with van der Waals surface area (Å²) in [6.07, 6.45) is 6.81. The predicted molar refractivity (Wildman–Crippen MR) is 117 cm³/mol. The zero-order chi connectivity index (χ0) is 21.8. The lowest BCUT2D eigenvalue weighted by molar-refractivity contribution is -0.114. The van der Waals surface area contributed by atoms with Crippen LogP contribution in [-0.4, -0.2) is 53.7 Å². The van der Waals surface area contributed by atoms with Crippen molar-refractivity contribution in [3.05, 3.63) is 36.8 Å². The number of rotatable bonds is 7. The molecule has 0 atom stereocenters. The van der Waals surface area contributed by atoms with E-state index in [9.17, 15) is 13.2 Å². The topological polar surface area (TPSA) is 122 Å². The minimum Gasteiger partial charge on any atom is -0.356 e. The zero-order valence-electron chi connectivity index (χ0n) is 17.3. The Hall–Kier alpha value is -3.05. The summed E-state index contributed by atoms with van der Waals surface area (Å²) in [5, 5.41) is 7.88. The first-order valence-electron chi connectivity index (χ1n) is 10.2. The fourth-order valence-electron chi connectivity index (χ4n) is 3.69. The Morgan fingerprint density at radius 1 is 1.10 bits per heavy atom. The summed E-state index contributed by atoms with van der Waals surface area (Å²) in [4.78, 5) is 22.3. The quantitative estimate of drug-likeness (QED) is 0.570. The molecule has 0 radical (unpaired) electrons. The van der Waals surface area contributed by atoms with Crippen LogP contribution < -0.4 is 14.9 Å². The molecule has 0 spiro atoms. The van der Waals surface area contributed by atoms with E-state index in [0.29, 0.717) is 17.9 Å². The average Bonchev–Trinajstić information content (AvgIpc) is 3.17. The molecule has 0 unspecified atom stereocenters. The molecule has 0 saturated carbocycles. The molecule has 11 heteroatoms. The predicted octanol–water partition coefficient (Wildman–Crippen LogP) is 1.75. The number of hydrogen-bond donors (Lipinski definition) is 2. The number of nitrogens with one attached hydrogen (secondary N) is 2. The van der Waals surface area contributed by atoms with Crippen LogP contribution in [0.4, 0.5) is 11.5 Å². The highest BCUT2D eigenvalue weighted by molar-refractivity contribution is 7.89. The van der Waals surface area contributed by atoms with Crippen molar-refractivity contribution < 1.29 is 13.2 Å². The number of sulfonamides is 1. The molecule has 0 aliphatic carbocycles. The molecule has 4 rings (SSSR count). The Bertz CT molecular complexity index is 1170. The van der Waals surface area contributed by atoms with Crippen molar-refractivity contribution in [3.63, 3.8) is 0 Å². The minimum atomic E-state index is -3.68. The average molecular weight is 444 g/mol. The molecule has 31 heavy (non-hydrogen) atoms. The number of piperidine rings is 1. The van der Waals surface area contributed by atoms with Gasteiger partial charge in [0.1, 0.15) is 12.1 Å². The second-order valence-electron chi connectivity index (χ2n) is 7.45. The number of carbonyl (C=O) groups excluding carboxylic acids is 1. The van der Waals surface area contributed by atoms with Gasteiger partial charge in [-0.3, -0.25) is 4.79 Å². The molecule has 3 aromatic rings. The van der Waals surface area contributed by atoms with Crippen LogP contribution >= 0.6 is 0 Å². The van der Waals surface area contributed by atoms with Crippen LogP contribution in [0.5, 0.6) is 0 Å². The van der Waals surface area contributed by atoms with Gasteiger partial charge in [-0.1, -0.05) is 0 Å². The zero-order valence-corrected chi connectivity index (χ0v) is 18.1. The van der Waals surface area contributed by atoms with Gasteiger partial charge in [0, 0.05) is 32.2 Å². The van der Waals surface area contributed by atoms with Crippen molar-refractivity contribution in [2.75, 3.05) is 29.9 Å². The Kier molecular flexibility index (Phi) is 6.14. The van der Waals surface area contributed by atoms with Gasteiger partial charge in [-0.2, -0.15) is 5.10 Å². The van der Waals surface area contributed by atoms with Crippen molar-refractivity contribution in [1.82, 2.24) is 24.5 Å². The van der Waals surface area contributed by atoms with Gasteiger partial charge in [0.25, 0.3) is 0 Å². The van der Waals surface area contributed by atoms with Crippen molar-refractivity contribution in [2.24, 2.45) is 0 Å². The lowest BCUT2D eigenvalue weighted by Gasteiger charge is -2.27. The second kappa shape index (κ2) is 8.98. The summed E-state index contributed by atoms with van der Waals surface area (Å²) in [5.74, 6) is 0.670. The van der Waals surface area contributed by atoms with Crippen LogP contribution in [0, 0.1) is 0 Å². The number of carbonyl (C=O) groups is 1. The summed E-state index contributed by atoms with van der Waals surface area (Å²) in [7, 11) is -3.68. The van der Waals surface area contributed by atoms with Crippen molar-refractivity contribution in [2.45, 2.75) is 37.6 Å². The Labute approximate surface area is 180 Å². The fraction of sp³-hybridized carbons (Fsp3) is 0.400. The monoisotopic (exact) mass is 443 g/mol. The molecule has 0 bridgehead atoms. The Morgan fingerprint density at radius 3 is 2.55 bits per heavy atom. The van der Waals surface area contributed by atoms with E-state index in [1.54, 1.807) is 23.0 Å². The number of benzene rings is 1. The van der Waals surface area contributed by atoms with E-state index in [4.69, 9.17) is 0 Å². The van der Waals surface area contributed by atoms with Crippen LogP contribution in [0.15, 0.2) is 41.7 Å². The summed E-state index contributed by atoms with van der Waals surface area (Å²) < 4.78 is 29.4. The van der Waals surface area contributed by atoms with E-state index in [2.05, 4.69) is 30.0 Å². The van der Waals surface area contributed by atoms with Crippen LogP contribution in [0.1, 0.15) is 26.2 Å². The smallest absolute Gasteiger partial charge is 0.240 e. The van der Waals surface area contributed by atoms with Gasteiger partial charge in [-0.05, 0) is 43.5 Å². The molecule has 1 aromatic carbocycles. The maximum Gasteiger partial charge on any atom is 0.240 e. The lowest BCUT2D eigenvalue weighted by atomic mass is 10.1. The largest absolute Gasteiger partial charge is 0.356 e. The van der Waals surface area contributed by atoms with E-state index < -0.39 is 10.0 Å². The first-order chi connectivity index (χ1) is 14.9. The summed E-state index contributed by atoms with van der Waals surface area (Å²) in [5.41, 5.74) is 1.23. The van der Waals surface area contributed by atoms with Crippen LogP contribution in [0.3, 0.4) is 0 Å². The fourth-order valence-corrected chi connectivity index (χ4v) is 4.71. The molecule has 3 heterocycles. The number of amides is 1. The Morgan fingerprint density at radius 2 is 1.84 bits per heavy atom. The third kappa shape index (κ3) is 4.83. The van der Waals surface area contributed by atoms with E-state index in [-0.39, 0.29) is 17.3 Å². The summed E-state index contributed by atoms with van der Waals surface area (Å²) in [6, 6.07) is 6.01. The van der Waals surface area contributed by atoms with E-state index in [1.165, 1.54) is 31.8 Å². The molecule has 10 nitrogen and oxygen atoms in total. The highest BCUT2D eigenvalue weighted by atomic mass is 32.2. The van der Waals surface area contributed by atoms with Crippen LogP contribution in [0.25, 0.3) is 11.0 Å². The van der Waals surface area contributed by atoms with Crippen molar-refractivity contribution in [3.8, 4) is 0 Å². The van der Waals surface area contributed by atoms with Crippen molar-refractivity contribution in [1.29, 1.82) is 0 Å². The Balaban J connectivity index is 1.43. The van der Waals surface area contributed by atoms with Crippen LogP contribution in [-0.2, 0) is 21.4 Å². The van der Waals surface area contributed by atoms with Gasteiger partial charge in [-0.25, -0.2) is 27.8 Å². The maximum atomic E-state index is 12.6. The molecular formula is C20H25N7O3S. The number of aromatic nitrogens is 4. The SMILES string of the molecule is CC(=O)Nc1ccc(S(=O)(=O)NCCn2ncc3c(N4CCCCC4)ncnc32)cc1. The van der Waals surface area contributed by atoms with Gasteiger partial charge < -0.3 is 10.2 Å². The third-order valence-electron chi connectivity index (χ3n) is 5.17.